The summed E-state index contributed by atoms with van der Waals surface area (Å²) in [6.07, 6.45) is 4.74. The molecule has 0 aliphatic rings. The summed E-state index contributed by atoms with van der Waals surface area (Å²) in [4.78, 5) is 11.0. The molecular weight excluding hydrogens is 232 g/mol. The third kappa shape index (κ3) is 4.78. The molecule has 1 aromatic rings. The van der Waals surface area contributed by atoms with E-state index in [0.717, 1.165) is 17.5 Å². The molecule has 1 aromatic carbocycles. The van der Waals surface area contributed by atoms with Crippen molar-refractivity contribution < 1.29 is 4.79 Å². The topological polar surface area (TPSA) is 55.1 Å². The maximum absolute atomic E-state index is 10.7. The summed E-state index contributed by atoms with van der Waals surface area (Å²) >= 11 is 4.97. The first-order chi connectivity index (χ1) is 8.11. The van der Waals surface area contributed by atoms with E-state index in [1.54, 1.807) is 0 Å². The molecule has 0 aliphatic heterocycles. The Hall–Kier alpha value is -1.68. The predicted molar refractivity (Wildman–Crippen MR) is 74.7 cm³/mol. The van der Waals surface area contributed by atoms with E-state index in [0.29, 0.717) is 11.5 Å². The van der Waals surface area contributed by atoms with Crippen LogP contribution in [0.4, 0.5) is 0 Å². The van der Waals surface area contributed by atoms with Crippen LogP contribution in [0.25, 0.3) is 6.08 Å². The molecule has 0 radical (unpaired) electrons. The second kappa shape index (κ2) is 6.81. The highest BCUT2D eigenvalue weighted by Gasteiger charge is 1.99. The first kappa shape index (κ1) is 13.4. The van der Waals surface area contributed by atoms with Gasteiger partial charge in [-0.2, -0.15) is 0 Å². The molecule has 0 heterocycles. The molecule has 0 saturated heterocycles. The van der Waals surface area contributed by atoms with E-state index in [2.05, 4.69) is 5.32 Å². The average Bonchev–Trinajstić information content (AvgIpc) is 2.28. The molecule has 3 nitrogen and oxygen atoms in total. The summed E-state index contributed by atoms with van der Waals surface area (Å²) in [5, 5.41) is 2.73. The fraction of sp³-hybridized carbons (Fsp3) is 0.231. The van der Waals surface area contributed by atoms with Crippen LogP contribution < -0.4 is 11.1 Å². The number of thiocarbonyl (C=S) groups is 1. The fourth-order valence-corrected chi connectivity index (χ4v) is 1.59. The van der Waals surface area contributed by atoms with E-state index >= 15 is 0 Å². The summed E-state index contributed by atoms with van der Waals surface area (Å²) in [7, 11) is 0. The number of benzene rings is 1. The van der Waals surface area contributed by atoms with Crippen molar-refractivity contribution in [3.05, 3.63) is 41.5 Å². The van der Waals surface area contributed by atoms with Gasteiger partial charge in [0.15, 0.2) is 0 Å². The van der Waals surface area contributed by atoms with Gasteiger partial charge in [-0.3, -0.25) is 4.79 Å². The molecule has 4 heteroatoms. The quantitative estimate of drug-likeness (QED) is 0.618. The number of hydrogen-bond donors (Lipinski definition) is 2. The molecule has 1 rings (SSSR count). The number of hydrogen-bond acceptors (Lipinski definition) is 2. The Labute approximate surface area is 107 Å². The van der Waals surface area contributed by atoms with Crippen molar-refractivity contribution in [1.82, 2.24) is 5.32 Å². The smallest absolute Gasteiger partial charge is 0.216 e. The number of nitrogens with two attached hydrogens (primary N) is 1. The van der Waals surface area contributed by atoms with E-state index in [9.17, 15) is 4.79 Å². The van der Waals surface area contributed by atoms with Gasteiger partial charge in [0.25, 0.3) is 0 Å². The Morgan fingerprint density at radius 3 is 2.82 bits per heavy atom. The lowest BCUT2D eigenvalue weighted by Gasteiger charge is -2.03. The molecule has 17 heavy (non-hydrogen) atoms. The largest absolute Gasteiger partial charge is 0.389 e. The number of nitrogens with one attached hydrogen (secondary N) is 1. The van der Waals surface area contributed by atoms with Crippen LogP contribution >= 0.6 is 12.2 Å². The maximum Gasteiger partial charge on any atom is 0.216 e. The first-order valence-electron chi connectivity index (χ1n) is 5.41. The molecule has 0 bridgehead atoms. The predicted octanol–water partition coefficient (Wildman–Crippen LogP) is 1.86. The Morgan fingerprint density at radius 2 is 2.18 bits per heavy atom. The fourth-order valence-electron chi connectivity index (χ4n) is 1.41. The van der Waals surface area contributed by atoms with E-state index in [1.807, 2.05) is 36.4 Å². The summed E-state index contributed by atoms with van der Waals surface area (Å²) in [6, 6.07) is 7.71. The van der Waals surface area contributed by atoms with Crippen LogP contribution in [0.3, 0.4) is 0 Å². The molecule has 3 N–H and O–H groups in total. The van der Waals surface area contributed by atoms with Crippen molar-refractivity contribution in [3.8, 4) is 0 Å². The van der Waals surface area contributed by atoms with Crippen molar-refractivity contribution in [2.75, 3.05) is 6.54 Å². The number of amides is 1. The van der Waals surface area contributed by atoms with Gasteiger partial charge in [-0.25, -0.2) is 0 Å². The van der Waals surface area contributed by atoms with Gasteiger partial charge in [-0.15, -0.1) is 0 Å². The third-order valence-corrected chi connectivity index (χ3v) is 2.43. The minimum Gasteiger partial charge on any atom is -0.389 e. The zero-order valence-corrected chi connectivity index (χ0v) is 10.6. The Balaban J connectivity index is 2.59. The van der Waals surface area contributed by atoms with E-state index in [1.165, 1.54) is 6.92 Å². The van der Waals surface area contributed by atoms with Gasteiger partial charge in [0.1, 0.15) is 4.99 Å². The van der Waals surface area contributed by atoms with Crippen molar-refractivity contribution >= 4 is 29.2 Å². The molecule has 0 spiro atoms. The van der Waals surface area contributed by atoms with E-state index < -0.39 is 0 Å². The molecule has 0 fully saturated rings. The molecule has 0 atom stereocenters. The first-order valence-corrected chi connectivity index (χ1v) is 5.82. The van der Waals surface area contributed by atoms with E-state index in [4.69, 9.17) is 18.0 Å². The summed E-state index contributed by atoms with van der Waals surface area (Å²) < 4.78 is 0. The van der Waals surface area contributed by atoms with Crippen LogP contribution in [-0.2, 0) is 4.79 Å². The molecule has 0 unspecified atom stereocenters. The molecule has 0 saturated carbocycles. The van der Waals surface area contributed by atoms with Gasteiger partial charge in [-0.05, 0) is 12.0 Å². The summed E-state index contributed by atoms with van der Waals surface area (Å²) in [6.45, 7) is 2.15. The Bertz CT molecular complexity index is 441. The van der Waals surface area contributed by atoms with Crippen LogP contribution in [0, 0.1) is 0 Å². The van der Waals surface area contributed by atoms with Crippen LogP contribution in [-0.4, -0.2) is 17.4 Å². The number of carbonyl (C=O) groups is 1. The minimum absolute atomic E-state index is 0.0121. The minimum atomic E-state index is -0.0121. The monoisotopic (exact) mass is 248 g/mol. The zero-order chi connectivity index (χ0) is 12.7. The number of carbonyl (C=O) groups excluding carboxylic acids is 1. The maximum atomic E-state index is 10.7. The average molecular weight is 248 g/mol. The van der Waals surface area contributed by atoms with Crippen molar-refractivity contribution in [2.24, 2.45) is 5.73 Å². The zero-order valence-electron chi connectivity index (χ0n) is 9.77. The molecule has 90 valence electrons. The van der Waals surface area contributed by atoms with Crippen LogP contribution in [0.5, 0.6) is 0 Å². The van der Waals surface area contributed by atoms with Gasteiger partial charge >= 0.3 is 0 Å². The highest BCUT2D eigenvalue weighted by molar-refractivity contribution is 7.80. The lowest BCUT2D eigenvalue weighted by molar-refractivity contribution is -0.118. The molecule has 0 aliphatic carbocycles. The molecular formula is C13H16N2OS. The highest BCUT2D eigenvalue weighted by Crippen LogP contribution is 2.10. The standard InChI is InChI=1S/C13H16N2OS/c1-10(16)15-9-5-4-7-11-6-2-3-8-12(11)13(14)17/h2-4,6-8H,5,9H2,1H3,(H2,14,17)(H,15,16). The lowest BCUT2D eigenvalue weighted by Crippen LogP contribution is -2.20. The van der Waals surface area contributed by atoms with E-state index in [-0.39, 0.29) is 5.91 Å². The van der Waals surface area contributed by atoms with Gasteiger partial charge in [-0.1, -0.05) is 48.6 Å². The van der Waals surface area contributed by atoms with Gasteiger partial charge < -0.3 is 11.1 Å². The number of rotatable bonds is 5. The third-order valence-electron chi connectivity index (χ3n) is 2.21. The van der Waals surface area contributed by atoms with Crippen molar-refractivity contribution in [1.29, 1.82) is 0 Å². The SMILES string of the molecule is CC(=O)NCCC=Cc1ccccc1C(N)=S. The second-order valence-electron chi connectivity index (χ2n) is 3.63. The van der Waals surface area contributed by atoms with Crippen LogP contribution in [0.2, 0.25) is 0 Å². The molecule has 0 aromatic heterocycles. The second-order valence-corrected chi connectivity index (χ2v) is 4.07. The Kier molecular flexibility index (Phi) is 5.36. The van der Waals surface area contributed by atoms with Crippen LogP contribution in [0.1, 0.15) is 24.5 Å². The van der Waals surface area contributed by atoms with Crippen molar-refractivity contribution in [2.45, 2.75) is 13.3 Å². The lowest BCUT2D eigenvalue weighted by atomic mass is 10.1. The molecule has 1 amide bonds. The van der Waals surface area contributed by atoms with Gasteiger partial charge in [0.2, 0.25) is 5.91 Å². The summed E-state index contributed by atoms with van der Waals surface area (Å²) in [5.74, 6) is -0.0121. The van der Waals surface area contributed by atoms with Crippen LogP contribution in [0.15, 0.2) is 30.3 Å². The highest BCUT2D eigenvalue weighted by atomic mass is 32.1. The summed E-state index contributed by atoms with van der Waals surface area (Å²) in [5.41, 5.74) is 7.50. The van der Waals surface area contributed by atoms with Gasteiger partial charge in [0.05, 0.1) is 0 Å². The van der Waals surface area contributed by atoms with Gasteiger partial charge in [0, 0.05) is 19.0 Å². The Morgan fingerprint density at radius 1 is 1.47 bits per heavy atom. The van der Waals surface area contributed by atoms with Crippen molar-refractivity contribution in [3.63, 3.8) is 0 Å². The normalized spacial score (nSPS) is 10.4.